The molecule has 2 rings (SSSR count). The van der Waals surface area contributed by atoms with Gasteiger partial charge < -0.3 is 14.2 Å². The minimum absolute atomic E-state index is 0.0935. The summed E-state index contributed by atoms with van der Waals surface area (Å²) in [7, 11) is -1.03. The molecule has 1 aliphatic rings. The van der Waals surface area contributed by atoms with Crippen molar-refractivity contribution in [1.29, 1.82) is 0 Å². The van der Waals surface area contributed by atoms with Crippen LogP contribution >= 0.6 is 8.38 Å². The van der Waals surface area contributed by atoms with Crippen LogP contribution in [-0.4, -0.2) is 18.4 Å². The fourth-order valence-corrected chi connectivity index (χ4v) is 4.90. The summed E-state index contributed by atoms with van der Waals surface area (Å²) in [5.41, 5.74) is 4.55. The van der Waals surface area contributed by atoms with Gasteiger partial charge >= 0.3 is 0 Å². The van der Waals surface area contributed by atoms with E-state index in [1.165, 1.54) is 18.4 Å². The van der Waals surface area contributed by atoms with Gasteiger partial charge in [0.2, 0.25) is 8.38 Å². The van der Waals surface area contributed by atoms with Gasteiger partial charge in [0.15, 0.2) is 0 Å². The molecule has 0 amide bonds. The average molecular weight is 405 g/mol. The summed E-state index contributed by atoms with van der Waals surface area (Å²) in [6, 6.07) is 4.06. The van der Waals surface area contributed by atoms with E-state index in [1.807, 2.05) is 19.7 Å². The minimum atomic E-state index is -1.03. The van der Waals surface area contributed by atoms with Crippen LogP contribution in [-0.2, 0) is 10.9 Å². The number of benzene rings is 1. The molecule has 0 radical (unpaired) electrons. The lowest BCUT2D eigenvalue weighted by molar-refractivity contribution is 0.335. The number of allylic oxidation sites excluding steroid dienone is 3. The number of phenolic OH excluding ortho intramolecular Hbond substituents is 1. The summed E-state index contributed by atoms with van der Waals surface area (Å²) >= 11 is 0. The van der Waals surface area contributed by atoms with Crippen LogP contribution in [0, 0.1) is 5.92 Å². The third kappa shape index (κ3) is 6.09. The first kappa shape index (κ1) is 23.0. The van der Waals surface area contributed by atoms with Gasteiger partial charge in [0.1, 0.15) is 11.5 Å². The smallest absolute Gasteiger partial charge is 0.226 e. The monoisotopic (exact) mass is 404 g/mol. The number of hydrogen-bond donors (Lipinski definition) is 1. The first-order chi connectivity index (χ1) is 13.4. The van der Waals surface area contributed by atoms with E-state index >= 15 is 0 Å². The lowest BCUT2D eigenvalue weighted by Gasteiger charge is -2.32. The molecule has 28 heavy (non-hydrogen) atoms. The first-order valence-electron chi connectivity index (χ1n) is 10.6. The molecule has 0 bridgehead atoms. The van der Waals surface area contributed by atoms with Gasteiger partial charge in [0, 0.05) is 18.1 Å². The van der Waals surface area contributed by atoms with Gasteiger partial charge in [-0.2, -0.15) is 0 Å². The predicted molar refractivity (Wildman–Crippen MR) is 120 cm³/mol. The van der Waals surface area contributed by atoms with E-state index in [0.29, 0.717) is 18.3 Å². The molecular formula is C24H37O3P. The van der Waals surface area contributed by atoms with E-state index in [2.05, 4.69) is 39.5 Å². The molecule has 0 saturated carbocycles. The Morgan fingerprint density at radius 3 is 2.68 bits per heavy atom. The van der Waals surface area contributed by atoms with E-state index in [9.17, 15) is 5.11 Å². The largest absolute Gasteiger partial charge is 0.507 e. The lowest BCUT2D eigenvalue weighted by atomic mass is 9.73. The number of aryl methyl sites for hydroxylation is 1. The molecule has 156 valence electrons. The first-order valence-corrected chi connectivity index (χ1v) is 12.2. The van der Waals surface area contributed by atoms with Crippen molar-refractivity contribution in [2.24, 2.45) is 5.92 Å². The minimum Gasteiger partial charge on any atom is -0.507 e. The predicted octanol–water partition coefficient (Wildman–Crippen LogP) is 7.50. The quantitative estimate of drug-likeness (QED) is 0.249. The number of unbranched alkanes of at least 4 members (excludes halogenated alkanes) is 2. The molecule has 4 heteroatoms. The van der Waals surface area contributed by atoms with Crippen molar-refractivity contribution in [3.8, 4) is 11.5 Å². The van der Waals surface area contributed by atoms with Crippen LogP contribution in [0.5, 0.6) is 11.5 Å². The molecule has 3 atom stereocenters. The molecule has 1 N–H and O–H groups in total. The highest BCUT2D eigenvalue weighted by molar-refractivity contribution is 7.46. The SMILES string of the molecule is C=C(C)C1CCC(C)=CC1c1c(O)cc(CCCCC)cc1OP(C)OCC. The zero-order chi connectivity index (χ0) is 20.7. The average Bonchev–Trinajstić information content (AvgIpc) is 2.61. The molecule has 0 fully saturated rings. The highest BCUT2D eigenvalue weighted by Gasteiger charge is 2.31. The van der Waals surface area contributed by atoms with E-state index in [-0.39, 0.29) is 5.92 Å². The van der Waals surface area contributed by atoms with Crippen molar-refractivity contribution in [1.82, 2.24) is 0 Å². The standard InChI is InChI=1S/C24H37O3P/c1-7-9-10-11-19-15-22(25)24(23(16-19)27-28(6)26-8-2)21-14-18(5)12-13-20(21)17(3)4/h14-16,20-21,25H,3,7-13H2,1-2,4-6H3. The number of rotatable bonds is 10. The number of aromatic hydroxyl groups is 1. The molecule has 0 aliphatic heterocycles. The Hall–Kier alpha value is -1.31. The van der Waals surface area contributed by atoms with Crippen molar-refractivity contribution in [2.75, 3.05) is 13.3 Å². The third-order valence-corrected chi connectivity index (χ3v) is 6.58. The van der Waals surface area contributed by atoms with Crippen molar-refractivity contribution < 1.29 is 14.2 Å². The van der Waals surface area contributed by atoms with E-state index in [0.717, 1.165) is 48.1 Å². The van der Waals surface area contributed by atoms with Crippen LogP contribution < -0.4 is 4.52 Å². The summed E-state index contributed by atoms with van der Waals surface area (Å²) in [6.07, 6.45) is 8.89. The molecule has 0 heterocycles. The molecule has 1 aliphatic carbocycles. The molecule has 1 aromatic carbocycles. The van der Waals surface area contributed by atoms with Crippen LogP contribution in [0.1, 0.15) is 76.8 Å². The normalized spacial score (nSPS) is 20.5. The summed E-state index contributed by atoms with van der Waals surface area (Å²) in [4.78, 5) is 0. The fourth-order valence-electron chi connectivity index (χ4n) is 4.05. The van der Waals surface area contributed by atoms with Gasteiger partial charge in [-0.3, -0.25) is 0 Å². The van der Waals surface area contributed by atoms with Crippen molar-refractivity contribution >= 4 is 8.38 Å². The molecule has 0 saturated heterocycles. The second kappa shape index (κ2) is 11.0. The van der Waals surface area contributed by atoms with Crippen LogP contribution in [0.25, 0.3) is 0 Å². The van der Waals surface area contributed by atoms with Crippen LogP contribution in [0.3, 0.4) is 0 Å². The Balaban J connectivity index is 2.47. The molecule has 0 spiro atoms. The molecular weight excluding hydrogens is 367 g/mol. The van der Waals surface area contributed by atoms with E-state index < -0.39 is 8.38 Å². The van der Waals surface area contributed by atoms with Crippen molar-refractivity contribution in [2.45, 2.75) is 72.1 Å². The zero-order valence-electron chi connectivity index (χ0n) is 18.3. The Kier molecular flexibility index (Phi) is 9.05. The van der Waals surface area contributed by atoms with E-state index in [1.54, 1.807) is 0 Å². The fraction of sp³-hybridized carbons (Fsp3) is 0.583. The number of hydrogen-bond acceptors (Lipinski definition) is 3. The third-order valence-electron chi connectivity index (χ3n) is 5.50. The molecule has 3 nitrogen and oxygen atoms in total. The Morgan fingerprint density at radius 1 is 1.29 bits per heavy atom. The van der Waals surface area contributed by atoms with Crippen molar-refractivity contribution in [3.05, 3.63) is 47.1 Å². The van der Waals surface area contributed by atoms with Crippen LogP contribution in [0.15, 0.2) is 35.9 Å². The highest BCUT2D eigenvalue weighted by Crippen LogP contribution is 2.49. The summed E-state index contributed by atoms with van der Waals surface area (Å²) < 4.78 is 11.9. The second-order valence-electron chi connectivity index (χ2n) is 7.96. The van der Waals surface area contributed by atoms with E-state index in [4.69, 9.17) is 9.05 Å². The molecule has 0 aromatic heterocycles. The van der Waals surface area contributed by atoms with Gasteiger partial charge in [-0.1, -0.05) is 43.6 Å². The topological polar surface area (TPSA) is 38.7 Å². The second-order valence-corrected chi connectivity index (χ2v) is 9.28. The van der Waals surface area contributed by atoms with Crippen LogP contribution in [0.2, 0.25) is 0 Å². The maximum atomic E-state index is 11.0. The summed E-state index contributed by atoms with van der Waals surface area (Å²) in [5, 5.41) is 11.0. The number of phenols is 1. The zero-order valence-corrected chi connectivity index (χ0v) is 19.1. The van der Waals surface area contributed by atoms with Crippen LogP contribution in [0.4, 0.5) is 0 Å². The summed E-state index contributed by atoms with van der Waals surface area (Å²) in [5.74, 6) is 1.52. The van der Waals surface area contributed by atoms with Gasteiger partial charge in [-0.05, 0) is 70.1 Å². The van der Waals surface area contributed by atoms with Gasteiger partial charge in [-0.25, -0.2) is 0 Å². The Morgan fingerprint density at radius 2 is 2.04 bits per heavy atom. The maximum Gasteiger partial charge on any atom is 0.226 e. The van der Waals surface area contributed by atoms with Gasteiger partial charge in [-0.15, -0.1) is 0 Å². The van der Waals surface area contributed by atoms with Crippen molar-refractivity contribution in [3.63, 3.8) is 0 Å². The summed E-state index contributed by atoms with van der Waals surface area (Å²) in [6.45, 7) is 15.3. The Bertz CT molecular complexity index is 695. The molecule has 3 unspecified atom stereocenters. The van der Waals surface area contributed by atoms with Gasteiger partial charge in [0.05, 0.1) is 6.61 Å². The maximum absolute atomic E-state index is 11.0. The molecule has 1 aromatic rings. The lowest BCUT2D eigenvalue weighted by Crippen LogP contribution is -2.18. The van der Waals surface area contributed by atoms with Gasteiger partial charge in [0.25, 0.3) is 0 Å². The Labute approximate surface area is 172 Å². The highest BCUT2D eigenvalue weighted by atomic mass is 31.2.